The number of rotatable bonds is 4. The number of hydrogen-bond donors (Lipinski definition) is 0. The van der Waals surface area contributed by atoms with Crippen LogP contribution in [0.2, 0.25) is 0 Å². The second-order valence-corrected chi connectivity index (χ2v) is 8.01. The van der Waals surface area contributed by atoms with Crippen molar-refractivity contribution in [3.8, 4) is 0 Å². The molecule has 0 aliphatic carbocycles. The predicted molar refractivity (Wildman–Crippen MR) is 53.0 cm³/mol. The first-order chi connectivity index (χ1) is 4.83. The van der Waals surface area contributed by atoms with Crippen molar-refractivity contribution < 1.29 is 0 Å². The van der Waals surface area contributed by atoms with Crippen LogP contribution in [-0.4, -0.2) is 20.5 Å². The van der Waals surface area contributed by atoms with E-state index in [1.807, 2.05) is 0 Å². The molecular formula is C7H16Cl2In. The van der Waals surface area contributed by atoms with Crippen LogP contribution in [-0.2, 0) is 0 Å². The summed E-state index contributed by atoms with van der Waals surface area (Å²) in [6.45, 7) is 5.98. The molecule has 0 spiro atoms. The van der Waals surface area contributed by atoms with Gasteiger partial charge < -0.3 is 0 Å². The average molecular weight is 286 g/mol. The van der Waals surface area contributed by atoms with Crippen molar-refractivity contribution in [3.63, 3.8) is 0 Å². The Labute approximate surface area is 83.2 Å². The Morgan fingerprint density at radius 3 is 2.00 bits per heavy atom. The maximum absolute atomic E-state index is 4.97. The van der Waals surface area contributed by atoms with E-state index in [1.54, 1.807) is 0 Å². The Morgan fingerprint density at radius 1 is 1.20 bits per heavy atom. The van der Waals surface area contributed by atoms with Crippen LogP contribution in [0.1, 0.15) is 39.0 Å². The molecule has 0 nitrogen and oxygen atoms in total. The number of unbranched alkanes of at least 4 members (excludes halogenated alkanes) is 4. The Morgan fingerprint density at radius 2 is 1.70 bits per heavy atom. The molecule has 0 saturated carbocycles. The molecule has 0 atom stereocenters. The predicted octanol–water partition coefficient (Wildman–Crippen LogP) is 3.52. The molecule has 61 valence electrons. The molecule has 0 rings (SSSR count). The molecule has 10 heavy (non-hydrogen) atoms. The summed E-state index contributed by atoms with van der Waals surface area (Å²) in [6, 6.07) is 0. The summed E-state index contributed by atoms with van der Waals surface area (Å²) >= 11 is -1.07. The van der Waals surface area contributed by atoms with Gasteiger partial charge in [-0.2, -0.15) is 0 Å². The van der Waals surface area contributed by atoms with Crippen LogP contribution < -0.4 is 0 Å². The summed E-state index contributed by atoms with van der Waals surface area (Å²) in [5.41, 5.74) is 0. The summed E-state index contributed by atoms with van der Waals surface area (Å²) in [5, 5.41) is 0. The van der Waals surface area contributed by atoms with Crippen LogP contribution in [0.4, 0.5) is 0 Å². The second kappa shape index (κ2) is 16.8. The van der Waals surface area contributed by atoms with Crippen molar-refractivity contribution in [1.29, 1.82) is 0 Å². The molecule has 0 aromatic rings. The van der Waals surface area contributed by atoms with Crippen LogP contribution in [0.15, 0.2) is 0 Å². The summed E-state index contributed by atoms with van der Waals surface area (Å²) < 4.78 is 0. The third-order valence-corrected chi connectivity index (χ3v) is 1.10. The van der Waals surface area contributed by atoms with Gasteiger partial charge in [-0.05, 0) is 0 Å². The summed E-state index contributed by atoms with van der Waals surface area (Å²) in [7, 11) is 9.95. The van der Waals surface area contributed by atoms with E-state index in [0.29, 0.717) is 0 Å². The molecule has 0 aliphatic heterocycles. The maximum atomic E-state index is 4.97. The molecule has 0 unspecified atom stereocenters. The molecule has 1 radical (unpaired) electrons. The van der Waals surface area contributed by atoms with E-state index < -0.39 is 20.5 Å². The minimum atomic E-state index is -1.07. The van der Waals surface area contributed by atoms with Gasteiger partial charge in [0.25, 0.3) is 0 Å². The normalized spacial score (nSPS) is 8.00. The molecule has 0 heterocycles. The van der Waals surface area contributed by atoms with Gasteiger partial charge in [0.2, 0.25) is 0 Å². The van der Waals surface area contributed by atoms with E-state index in [-0.39, 0.29) is 0 Å². The van der Waals surface area contributed by atoms with Crippen molar-refractivity contribution in [2.24, 2.45) is 0 Å². The van der Waals surface area contributed by atoms with Crippen LogP contribution >= 0.6 is 17.2 Å². The van der Waals surface area contributed by atoms with Gasteiger partial charge in [-0.15, -0.1) is 0 Å². The first-order valence-electron chi connectivity index (χ1n) is 3.74. The fourth-order valence-electron chi connectivity index (χ4n) is 0.604. The topological polar surface area (TPSA) is 0 Å². The van der Waals surface area contributed by atoms with E-state index >= 15 is 0 Å². The van der Waals surface area contributed by atoms with E-state index in [4.69, 9.17) is 17.2 Å². The average Bonchev–Trinajstić information content (AvgIpc) is 1.91. The molecule has 0 amide bonds. The summed E-state index contributed by atoms with van der Waals surface area (Å²) in [4.78, 5) is 0. The molecule has 0 saturated heterocycles. The van der Waals surface area contributed by atoms with E-state index in [2.05, 4.69) is 13.8 Å². The third-order valence-electron chi connectivity index (χ3n) is 1.10. The Balaban J connectivity index is 0. The Hall–Kier alpha value is 1.45. The van der Waals surface area contributed by atoms with E-state index in [9.17, 15) is 0 Å². The van der Waals surface area contributed by atoms with Crippen molar-refractivity contribution in [2.75, 3.05) is 0 Å². The van der Waals surface area contributed by atoms with Gasteiger partial charge in [0, 0.05) is 0 Å². The van der Waals surface area contributed by atoms with Crippen molar-refractivity contribution in [1.82, 2.24) is 0 Å². The minimum absolute atomic E-state index is 1.07. The van der Waals surface area contributed by atoms with Gasteiger partial charge in [-0.25, -0.2) is 0 Å². The van der Waals surface area contributed by atoms with E-state index in [0.717, 1.165) is 6.42 Å². The zero-order valence-electron chi connectivity index (χ0n) is 6.71. The van der Waals surface area contributed by atoms with Crippen LogP contribution in [0, 0.1) is 6.92 Å². The van der Waals surface area contributed by atoms with Gasteiger partial charge >= 0.3 is 37.7 Å². The molecular weight excluding hydrogens is 270 g/mol. The Kier molecular flexibility index (Phi) is 23.5. The zero-order chi connectivity index (χ0) is 8.24. The fraction of sp³-hybridized carbons (Fsp3) is 0.857. The summed E-state index contributed by atoms with van der Waals surface area (Å²) in [5.74, 6) is 0. The van der Waals surface area contributed by atoms with Crippen LogP contribution in [0.25, 0.3) is 0 Å². The third kappa shape index (κ3) is 22.7. The van der Waals surface area contributed by atoms with Crippen molar-refractivity contribution in [3.05, 3.63) is 6.92 Å². The Bertz CT molecular complexity index is 38.6. The van der Waals surface area contributed by atoms with Gasteiger partial charge in [-0.3, -0.25) is 0 Å². The van der Waals surface area contributed by atoms with Gasteiger partial charge in [0.15, 0.2) is 0 Å². The van der Waals surface area contributed by atoms with Crippen LogP contribution in [0.5, 0.6) is 0 Å². The molecule has 0 aromatic carbocycles. The second-order valence-electron chi connectivity index (χ2n) is 2.02. The molecule has 0 fully saturated rings. The first kappa shape index (κ1) is 14.0. The quantitative estimate of drug-likeness (QED) is 0.694. The SMILES string of the molecule is [CH2]CCCCCC.[Cl][InH][Cl]. The molecule has 0 aromatic heterocycles. The monoisotopic (exact) mass is 285 g/mol. The van der Waals surface area contributed by atoms with Gasteiger partial charge in [-0.1, -0.05) is 46.0 Å². The fourth-order valence-corrected chi connectivity index (χ4v) is 0.604. The van der Waals surface area contributed by atoms with Crippen molar-refractivity contribution >= 4 is 37.7 Å². The first-order valence-corrected chi connectivity index (χ1v) is 14.0. The van der Waals surface area contributed by atoms with E-state index in [1.165, 1.54) is 25.7 Å². The number of halogens is 2. The van der Waals surface area contributed by atoms with Crippen LogP contribution in [0.3, 0.4) is 0 Å². The standard InChI is InChI=1S/C7H15.2ClH.In.H/c1-3-5-7-6-4-2;;;;/h1,3-7H2,2H3;2*1H;;/q;;;+2;/p-2. The molecule has 0 N–H and O–H groups in total. The molecule has 3 heteroatoms. The molecule has 0 bridgehead atoms. The van der Waals surface area contributed by atoms with Crippen molar-refractivity contribution in [2.45, 2.75) is 39.0 Å². The summed E-state index contributed by atoms with van der Waals surface area (Å²) in [6.07, 6.45) is 6.52. The molecule has 0 aliphatic rings. The zero-order valence-corrected chi connectivity index (χ0v) is 12.3. The van der Waals surface area contributed by atoms with Gasteiger partial charge in [0.05, 0.1) is 0 Å². The van der Waals surface area contributed by atoms with Gasteiger partial charge in [0.1, 0.15) is 0 Å². The number of hydrogen-bond acceptors (Lipinski definition) is 0.